The Labute approximate surface area is 92.9 Å². The molecule has 15 heavy (non-hydrogen) atoms. The zero-order valence-electron chi connectivity index (χ0n) is 8.43. The van der Waals surface area contributed by atoms with Crippen molar-refractivity contribution in [1.29, 1.82) is 0 Å². The van der Waals surface area contributed by atoms with Crippen molar-refractivity contribution in [3.63, 3.8) is 0 Å². The summed E-state index contributed by atoms with van der Waals surface area (Å²) in [7, 11) is 0. The first kappa shape index (κ1) is 10.5. The van der Waals surface area contributed by atoms with Gasteiger partial charge in [-0.2, -0.15) is 0 Å². The SMILES string of the molecule is Cc1ccc(C2N[C@@H](C(=O)O)CS2)cc1. The molecule has 1 aliphatic heterocycles. The van der Waals surface area contributed by atoms with Crippen LogP contribution >= 0.6 is 11.8 Å². The molecular formula is C11H13NO2S. The normalized spacial score (nSPS) is 25.4. The Bertz CT molecular complexity index is 363. The maximum absolute atomic E-state index is 10.8. The molecule has 0 aromatic heterocycles. The van der Waals surface area contributed by atoms with Gasteiger partial charge in [0.15, 0.2) is 0 Å². The lowest BCUT2D eigenvalue weighted by atomic mass is 10.1. The van der Waals surface area contributed by atoms with Crippen LogP contribution in [0.5, 0.6) is 0 Å². The van der Waals surface area contributed by atoms with E-state index in [1.54, 1.807) is 11.8 Å². The highest BCUT2D eigenvalue weighted by Crippen LogP contribution is 2.32. The second-order valence-corrected chi connectivity index (χ2v) is 4.82. The van der Waals surface area contributed by atoms with Gasteiger partial charge in [-0.05, 0) is 12.5 Å². The highest BCUT2D eigenvalue weighted by Gasteiger charge is 2.29. The highest BCUT2D eigenvalue weighted by molar-refractivity contribution is 7.99. The van der Waals surface area contributed by atoms with Gasteiger partial charge >= 0.3 is 5.97 Å². The average molecular weight is 223 g/mol. The molecule has 2 N–H and O–H groups in total. The summed E-state index contributed by atoms with van der Waals surface area (Å²) in [5.74, 6) is -0.134. The number of aryl methyl sites for hydroxylation is 1. The van der Waals surface area contributed by atoms with E-state index in [1.165, 1.54) is 5.56 Å². The number of aliphatic carboxylic acids is 1. The molecule has 1 aromatic rings. The molecule has 0 aliphatic carbocycles. The van der Waals surface area contributed by atoms with Crippen LogP contribution in [0.2, 0.25) is 0 Å². The van der Waals surface area contributed by atoms with Gasteiger partial charge in [0, 0.05) is 5.75 Å². The zero-order valence-corrected chi connectivity index (χ0v) is 9.25. The fourth-order valence-electron chi connectivity index (χ4n) is 1.55. The third-order valence-corrected chi connectivity index (χ3v) is 3.73. The van der Waals surface area contributed by atoms with E-state index >= 15 is 0 Å². The number of carboxylic acids is 1. The fourth-order valence-corrected chi connectivity index (χ4v) is 2.78. The molecule has 80 valence electrons. The van der Waals surface area contributed by atoms with Crippen molar-refractivity contribution in [3.8, 4) is 0 Å². The lowest BCUT2D eigenvalue weighted by Crippen LogP contribution is -2.33. The van der Waals surface area contributed by atoms with Gasteiger partial charge in [0.05, 0.1) is 5.37 Å². The summed E-state index contributed by atoms with van der Waals surface area (Å²) in [4.78, 5) is 10.8. The summed E-state index contributed by atoms with van der Waals surface area (Å²) in [5.41, 5.74) is 2.37. The predicted octanol–water partition coefficient (Wildman–Crippen LogP) is 1.78. The smallest absolute Gasteiger partial charge is 0.321 e. The molecule has 1 aliphatic rings. The van der Waals surface area contributed by atoms with Crippen LogP contribution in [0.4, 0.5) is 0 Å². The van der Waals surface area contributed by atoms with Crippen molar-refractivity contribution >= 4 is 17.7 Å². The first-order valence-electron chi connectivity index (χ1n) is 4.84. The molecule has 4 heteroatoms. The summed E-state index contributed by atoms with van der Waals surface area (Å²) in [6, 6.07) is 7.77. The van der Waals surface area contributed by atoms with Crippen LogP contribution in [0.1, 0.15) is 16.5 Å². The van der Waals surface area contributed by atoms with E-state index in [4.69, 9.17) is 5.11 Å². The number of rotatable bonds is 2. The topological polar surface area (TPSA) is 49.3 Å². The van der Waals surface area contributed by atoms with Crippen LogP contribution in [0.3, 0.4) is 0 Å². The third kappa shape index (κ3) is 2.33. The van der Waals surface area contributed by atoms with Crippen molar-refractivity contribution in [2.75, 3.05) is 5.75 Å². The molecule has 1 saturated heterocycles. The number of benzene rings is 1. The Morgan fingerprint density at radius 2 is 2.13 bits per heavy atom. The molecule has 0 saturated carbocycles. The summed E-state index contributed by atoms with van der Waals surface area (Å²) in [6.45, 7) is 2.04. The van der Waals surface area contributed by atoms with Gasteiger partial charge in [0.25, 0.3) is 0 Å². The molecule has 0 amide bonds. The predicted molar refractivity (Wildman–Crippen MR) is 60.9 cm³/mol. The highest BCUT2D eigenvalue weighted by atomic mass is 32.2. The first-order chi connectivity index (χ1) is 7.16. The molecule has 1 heterocycles. The second-order valence-electron chi connectivity index (χ2n) is 3.68. The molecule has 0 radical (unpaired) electrons. The number of hydrogen-bond acceptors (Lipinski definition) is 3. The Kier molecular flexibility index (Phi) is 2.98. The van der Waals surface area contributed by atoms with Crippen molar-refractivity contribution in [2.45, 2.75) is 18.3 Å². The first-order valence-corrected chi connectivity index (χ1v) is 5.89. The largest absolute Gasteiger partial charge is 0.480 e. The van der Waals surface area contributed by atoms with E-state index < -0.39 is 12.0 Å². The van der Waals surface area contributed by atoms with Gasteiger partial charge in [0.2, 0.25) is 0 Å². The number of nitrogens with one attached hydrogen (secondary N) is 1. The molecule has 1 fully saturated rings. The Balaban J connectivity index is 2.07. The Morgan fingerprint density at radius 1 is 1.47 bits per heavy atom. The van der Waals surface area contributed by atoms with E-state index in [1.807, 2.05) is 31.2 Å². The summed E-state index contributed by atoms with van der Waals surface area (Å²) in [5, 5.41) is 12.1. The van der Waals surface area contributed by atoms with Gasteiger partial charge in [0.1, 0.15) is 6.04 Å². The average Bonchev–Trinajstić information content (AvgIpc) is 2.68. The van der Waals surface area contributed by atoms with Gasteiger partial charge in [-0.25, -0.2) is 0 Å². The lowest BCUT2D eigenvalue weighted by molar-refractivity contribution is -0.138. The van der Waals surface area contributed by atoms with E-state index in [0.717, 1.165) is 5.56 Å². The van der Waals surface area contributed by atoms with E-state index in [9.17, 15) is 4.79 Å². The minimum absolute atomic E-state index is 0.117. The van der Waals surface area contributed by atoms with Crippen molar-refractivity contribution in [2.24, 2.45) is 0 Å². The quantitative estimate of drug-likeness (QED) is 0.802. The minimum atomic E-state index is -0.767. The standard InChI is InChI=1S/C11H13NO2S/c1-7-2-4-8(5-3-7)10-12-9(6-15-10)11(13)14/h2-5,9-10,12H,6H2,1H3,(H,13,14)/t9-,10?/m1/s1. The van der Waals surface area contributed by atoms with Crippen LogP contribution in [-0.2, 0) is 4.79 Å². The number of thioether (sulfide) groups is 1. The van der Waals surface area contributed by atoms with E-state index in [0.29, 0.717) is 5.75 Å². The molecule has 2 atom stereocenters. The number of hydrogen-bond donors (Lipinski definition) is 2. The monoisotopic (exact) mass is 223 g/mol. The minimum Gasteiger partial charge on any atom is -0.480 e. The zero-order chi connectivity index (χ0) is 10.8. The van der Waals surface area contributed by atoms with Gasteiger partial charge < -0.3 is 5.11 Å². The van der Waals surface area contributed by atoms with E-state index in [-0.39, 0.29) is 5.37 Å². The lowest BCUT2D eigenvalue weighted by Gasteiger charge is -2.11. The van der Waals surface area contributed by atoms with Crippen LogP contribution < -0.4 is 5.32 Å². The summed E-state index contributed by atoms with van der Waals surface area (Å²) in [6.07, 6.45) is 0. The Hall–Kier alpha value is -1.00. The molecule has 1 aromatic carbocycles. The Morgan fingerprint density at radius 3 is 2.67 bits per heavy atom. The molecular weight excluding hydrogens is 210 g/mol. The van der Waals surface area contributed by atoms with Crippen molar-refractivity contribution in [1.82, 2.24) is 5.32 Å². The summed E-state index contributed by atoms with van der Waals surface area (Å²) >= 11 is 1.65. The maximum Gasteiger partial charge on any atom is 0.321 e. The maximum atomic E-state index is 10.8. The molecule has 0 spiro atoms. The van der Waals surface area contributed by atoms with Crippen molar-refractivity contribution in [3.05, 3.63) is 35.4 Å². The molecule has 0 bridgehead atoms. The number of carboxylic acid groups (broad SMARTS) is 1. The molecule has 2 rings (SSSR count). The summed E-state index contributed by atoms with van der Waals surface area (Å²) < 4.78 is 0. The fraction of sp³-hybridized carbons (Fsp3) is 0.364. The van der Waals surface area contributed by atoms with Crippen LogP contribution in [0.25, 0.3) is 0 Å². The molecule has 1 unspecified atom stereocenters. The van der Waals surface area contributed by atoms with Gasteiger partial charge in [-0.15, -0.1) is 11.8 Å². The second kappa shape index (κ2) is 4.24. The van der Waals surface area contributed by atoms with E-state index in [2.05, 4.69) is 5.32 Å². The van der Waals surface area contributed by atoms with Crippen LogP contribution in [0, 0.1) is 6.92 Å². The number of carbonyl (C=O) groups is 1. The van der Waals surface area contributed by atoms with Crippen LogP contribution in [-0.4, -0.2) is 22.9 Å². The van der Waals surface area contributed by atoms with Gasteiger partial charge in [-0.1, -0.05) is 29.8 Å². The van der Waals surface area contributed by atoms with Crippen LogP contribution in [0.15, 0.2) is 24.3 Å². The third-order valence-electron chi connectivity index (χ3n) is 2.46. The molecule has 3 nitrogen and oxygen atoms in total. The van der Waals surface area contributed by atoms with Crippen molar-refractivity contribution < 1.29 is 9.90 Å². The van der Waals surface area contributed by atoms with Gasteiger partial charge in [-0.3, -0.25) is 10.1 Å².